The first-order valence-corrected chi connectivity index (χ1v) is 3.00. The zero-order valence-electron chi connectivity index (χ0n) is 4.51. The van der Waals surface area contributed by atoms with Crippen LogP contribution in [0.1, 0.15) is 10.6 Å². The van der Waals surface area contributed by atoms with E-state index in [1.54, 1.807) is 0 Å². The Morgan fingerprint density at radius 1 is 1.88 bits per heavy atom. The van der Waals surface area contributed by atoms with Crippen molar-refractivity contribution in [1.82, 2.24) is 4.37 Å². The van der Waals surface area contributed by atoms with Gasteiger partial charge in [-0.05, 0) is 30.4 Å². The Bertz CT molecular complexity index is 219. The van der Waals surface area contributed by atoms with Crippen molar-refractivity contribution in [2.45, 2.75) is 6.92 Å². The molecule has 0 aliphatic rings. The number of aryl methyl sites for hydroxylation is 1. The molecule has 0 saturated carbocycles. The molecule has 0 saturated heterocycles. The molecule has 1 aromatic rings. The molecule has 1 aromatic heterocycles. The topological polar surface area (TPSA) is 12.9 Å². The molecule has 0 atom stereocenters. The molecule has 0 radical (unpaired) electrons. The van der Waals surface area contributed by atoms with Gasteiger partial charge in [0, 0.05) is 4.88 Å². The van der Waals surface area contributed by atoms with Crippen molar-refractivity contribution in [3.63, 3.8) is 0 Å². The highest BCUT2D eigenvalue weighted by atomic mass is 32.1. The van der Waals surface area contributed by atoms with E-state index in [0.717, 1.165) is 10.6 Å². The minimum absolute atomic E-state index is 0.743. The van der Waals surface area contributed by atoms with E-state index in [2.05, 4.69) is 10.3 Å². The number of hydrogen-bond donors (Lipinski definition) is 0. The summed E-state index contributed by atoms with van der Waals surface area (Å²) in [7, 11) is 0. The van der Waals surface area contributed by atoms with Gasteiger partial charge in [0.15, 0.2) is 0 Å². The van der Waals surface area contributed by atoms with E-state index >= 15 is 0 Å². The highest BCUT2D eigenvalue weighted by Gasteiger charge is 1.89. The van der Waals surface area contributed by atoms with E-state index in [-0.39, 0.29) is 0 Å². The van der Waals surface area contributed by atoms with Gasteiger partial charge in [0.1, 0.15) is 5.69 Å². The molecule has 0 aliphatic heterocycles. The van der Waals surface area contributed by atoms with E-state index in [1.807, 2.05) is 13.0 Å². The molecule has 1 heterocycles. The first-order chi connectivity index (χ1) is 3.83. The fourth-order valence-electron chi connectivity index (χ4n) is 0.434. The lowest BCUT2D eigenvalue weighted by molar-refractivity contribution is 1.49. The van der Waals surface area contributed by atoms with Crippen LogP contribution in [0.25, 0.3) is 0 Å². The Labute approximate surface area is 52.5 Å². The summed E-state index contributed by atoms with van der Waals surface area (Å²) in [4.78, 5) is 1.16. The number of hydrogen-bond acceptors (Lipinski definition) is 2. The summed E-state index contributed by atoms with van der Waals surface area (Å²) in [5.74, 6) is 2.45. The minimum Gasteiger partial charge on any atom is -0.184 e. The average Bonchev–Trinajstić information content (AvgIpc) is 2.14. The van der Waals surface area contributed by atoms with Crippen molar-refractivity contribution in [2.24, 2.45) is 0 Å². The largest absolute Gasteiger partial charge is 0.184 e. The van der Waals surface area contributed by atoms with Gasteiger partial charge in [0.2, 0.25) is 0 Å². The molecule has 0 unspecified atom stereocenters. The second-order valence-corrected chi connectivity index (χ2v) is 2.48. The lowest BCUT2D eigenvalue weighted by atomic mass is 10.4. The maximum absolute atomic E-state index is 5.06. The number of rotatable bonds is 0. The van der Waals surface area contributed by atoms with E-state index in [1.165, 1.54) is 11.5 Å². The van der Waals surface area contributed by atoms with Crippen LogP contribution in [0.15, 0.2) is 6.07 Å². The summed E-state index contributed by atoms with van der Waals surface area (Å²) in [6, 6.07) is 1.89. The van der Waals surface area contributed by atoms with Crippen LogP contribution in [0.3, 0.4) is 0 Å². The maximum Gasteiger partial charge on any atom is 0.126 e. The van der Waals surface area contributed by atoms with E-state index in [0.29, 0.717) is 0 Å². The summed E-state index contributed by atoms with van der Waals surface area (Å²) in [5.41, 5.74) is 0.743. The van der Waals surface area contributed by atoms with Gasteiger partial charge in [-0.2, -0.15) is 4.37 Å². The zero-order valence-corrected chi connectivity index (χ0v) is 5.33. The lowest BCUT2D eigenvalue weighted by Gasteiger charge is -1.67. The van der Waals surface area contributed by atoms with Crippen molar-refractivity contribution in [2.75, 3.05) is 0 Å². The molecule has 8 heavy (non-hydrogen) atoms. The van der Waals surface area contributed by atoms with Crippen molar-refractivity contribution in [3.8, 4) is 12.3 Å². The predicted molar refractivity (Wildman–Crippen MR) is 34.8 cm³/mol. The van der Waals surface area contributed by atoms with Gasteiger partial charge >= 0.3 is 0 Å². The molecular formula is C6H5NS. The Hall–Kier alpha value is -0.810. The van der Waals surface area contributed by atoms with Crippen LogP contribution >= 0.6 is 11.5 Å². The monoisotopic (exact) mass is 123 g/mol. The molecule has 1 rings (SSSR count). The van der Waals surface area contributed by atoms with Gasteiger partial charge < -0.3 is 0 Å². The molecule has 0 fully saturated rings. The third-order valence-electron chi connectivity index (χ3n) is 0.776. The predicted octanol–water partition coefficient (Wildman–Crippen LogP) is 1.43. The second kappa shape index (κ2) is 1.97. The summed E-state index contributed by atoms with van der Waals surface area (Å²) in [6.07, 6.45) is 5.06. The zero-order chi connectivity index (χ0) is 5.98. The van der Waals surface area contributed by atoms with Crippen LogP contribution in [-0.4, -0.2) is 4.37 Å². The number of terminal acetylenes is 1. The van der Waals surface area contributed by atoms with E-state index in [4.69, 9.17) is 6.42 Å². The lowest BCUT2D eigenvalue weighted by Crippen LogP contribution is -1.63. The number of aromatic nitrogens is 1. The summed E-state index contributed by atoms with van der Waals surface area (Å²) in [5, 5.41) is 0. The smallest absolute Gasteiger partial charge is 0.126 e. The Morgan fingerprint density at radius 3 is 2.88 bits per heavy atom. The molecule has 0 aliphatic carbocycles. The van der Waals surface area contributed by atoms with Crippen molar-refractivity contribution >= 4 is 11.5 Å². The Morgan fingerprint density at radius 2 is 2.62 bits per heavy atom. The summed E-state index contributed by atoms with van der Waals surface area (Å²) in [6.45, 7) is 1.98. The van der Waals surface area contributed by atoms with Crippen molar-refractivity contribution in [3.05, 3.63) is 16.6 Å². The van der Waals surface area contributed by atoms with Crippen molar-refractivity contribution in [1.29, 1.82) is 0 Å². The highest BCUT2D eigenvalue weighted by Crippen LogP contribution is 2.05. The van der Waals surface area contributed by atoms with Gasteiger partial charge in [0.25, 0.3) is 0 Å². The standard InChI is InChI=1S/C6H5NS/c1-3-6-4-5(2)8-7-6/h1,4H,2H3. The third-order valence-corrected chi connectivity index (χ3v) is 1.47. The normalized spacial score (nSPS) is 8.50. The van der Waals surface area contributed by atoms with Crippen LogP contribution in [0, 0.1) is 19.3 Å². The van der Waals surface area contributed by atoms with E-state index in [9.17, 15) is 0 Å². The maximum atomic E-state index is 5.06. The Kier molecular flexibility index (Phi) is 1.32. The average molecular weight is 123 g/mol. The quantitative estimate of drug-likeness (QED) is 0.475. The molecule has 0 spiro atoms. The third kappa shape index (κ3) is 0.877. The molecule has 0 amide bonds. The molecule has 0 bridgehead atoms. The molecule has 40 valence electrons. The van der Waals surface area contributed by atoms with Gasteiger partial charge in [-0.25, -0.2) is 0 Å². The summed E-state index contributed by atoms with van der Waals surface area (Å²) >= 11 is 1.44. The highest BCUT2D eigenvalue weighted by molar-refractivity contribution is 7.05. The SMILES string of the molecule is C#Cc1cc(C)sn1. The Balaban J connectivity index is 3.05. The first kappa shape index (κ1) is 5.33. The van der Waals surface area contributed by atoms with E-state index < -0.39 is 0 Å². The minimum atomic E-state index is 0.743. The van der Waals surface area contributed by atoms with Crippen molar-refractivity contribution < 1.29 is 0 Å². The van der Waals surface area contributed by atoms with Gasteiger partial charge in [-0.15, -0.1) is 6.42 Å². The summed E-state index contributed by atoms with van der Waals surface area (Å²) < 4.78 is 3.94. The van der Waals surface area contributed by atoms with Crippen LogP contribution in [0.5, 0.6) is 0 Å². The molecule has 0 N–H and O–H groups in total. The van der Waals surface area contributed by atoms with Crippen LogP contribution in [-0.2, 0) is 0 Å². The van der Waals surface area contributed by atoms with Crippen LogP contribution < -0.4 is 0 Å². The molecule has 0 aromatic carbocycles. The molecule has 1 nitrogen and oxygen atoms in total. The molecular weight excluding hydrogens is 118 g/mol. The molecule has 2 heteroatoms. The van der Waals surface area contributed by atoms with Crippen LogP contribution in [0.4, 0.5) is 0 Å². The van der Waals surface area contributed by atoms with Gasteiger partial charge in [0.05, 0.1) is 0 Å². The first-order valence-electron chi connectivity index (χ1n) is 2.23. The van der Waals surface area contributed by atoms with Gasteiger partial charge in [-0.3, -0.25) is 0 Å². The van der Waals surface area contributed by atoms with Gasteiger partial charge in [-0.1, -0.05) is 0 Å². The fraction of sp³-hybridized carbons (Fsp3) is 0.167. The fourth-order valence-corrected chi connectivity index (χ4v) is 0.947. The second-order valence-electron chi connectivity index (χ2n) is 1.47. The number of nitrogens with zero attached hydrogens (tertiary/aromatic N) is 1. The van der Waals surface area contributed by atoms with Crippen LogP contribution in [0.2, 0.25) is 0 Å².